The fraction of sp³-hybridized carbons (Fsp3) is 0.520. The SMILES string of the molecule is COC(=O)c1c(NC(=O)CN2CCN(CCc3ccc(OC)cc3)CC2)sc2c1CCCC2. The zero-order chi connectivity index (χ0) is 23.2. The van der Waals surface area contributed by atoms with E-state index in [0.29, 0.717) is 17.1 Å². The molecule has 0 atom stereocenters. The van der Waals surface area contributed by atoms with Crippen LogP contribution in [0.4, 0.5) is 5.00 Å². The molecule has 1 aromatic carbocycles. The monoisotopic (exact) mass is 471 g/mol. The van der Waals surface area contributed by atoms with E-state index in [1.807, 2.05) is 12.1 Å². The number of methoxy groups -OCH3 is 2. The van der Waals surface area contributed by atoms with Gasteiger partial charge < -0.3 is 19.7 Å². The van der Waals surface area contributed by atoms with Crippen LogP contribution in [0, 0.1) is 0 Å². The third kappa shape index (κ3) is 5.93. The van der Waals surface area contributed by atoms with E-state index < -0.39 is 0 Å². The lowest BCUT2D eigenvalue weighted by Gasteiger charge is -2.34. The molecular formula is C25H33N3O4S. The van der Waals surface area contributed by atoms with Gasteiger partial charge in [0.05, 0.1) is 26.3 Å². The largest absolute Gasteiger partial charge is 0.497 e. The second kappa shape index (κ2) is 11.1. The Morgan fingerprint density at radius 2 is 1.70 bits per heavy atom. The van der Waals surface area contributed by atoms with Gasteiger partial charge in [0, 0.05) is 37.6 Å². The molecule has 2 heterocycles. The first-order valence-electron chi connectivity index (χ1n) is 11.7. The van der Waals surface area contributed by atoms with E-state index in [2.05, 4.69) is 27.2 Å². The third-order valence-corrected chi connectivity index (χ3v) is 7.73. The second-order valence-electron chi connectivity index (χ2n) is 8.67. The Labute approximate surface area is 199 Å². The standard InChI is InChI=1S/C25H33N3O4S/c1-31-19-9-7-18(8-10-19)11-12-27-13-15-28(16-14-27)17-22(29)26-24-23(25(30)32-2)20-5-3-4-6-21(20)33-24/h7-10H,3-6,11-17H2,1-2H3,(H,26,29). The van der Waals surface area contributed by atoms with Crippen LogP contribution in [0.5, 0.6) is 5.75 Å². The fourth-order valence-electron chi connectivity index (χ4n) is 4.59. The van der Waals surface area contributed by atoms with Gasteiger partial charge in [-0.1, -0.05) is 12.1 Å². The first-order chi connectivity index (χ1) is 16.1. The summed E-state index contributed by atoms with van der Waals surface area (Å²) in [5.41, 5.74) is 2.94. The van der Waals surface area contributed by atoms with Gasteiger partial charge in [-0.05, 0) is 55.4 Å². The second-order valence-corrected chi connectivity index (χ2v) is 9.78. The number of nitrogens with zero attached hydrogens (tertiary/aromatic N) is 2. The van der Waals surface area contributed by atoms with Gasteiger partial charge in [-0.2, -0.15) is 0 Å². The number of rotatable bonds is 8. The highest BCUT2D eigenvalue weighted by molar-refractivity contribution is 7.17. The number of benzene rings is 1. The van der Waals surface area contributed by atoms with Crippen LogP contribution in [0.25, 0.3) is 0 Å². The number of carbonyl (C=O) groups is 2. The summed E-state index contributed by atoms with van der Waals surface area (Å²) in [7, 11) is 3.08. The van der Waals surface area contributed by atoms with Gasteiger partial charge in [0.15, 0.2) is 0 Å². The molecule has 1 aromatic heterocycles. The van der Waals surface area contributed by atoms with E-state index in [0.717, 1.165) is 76.1 Å². The Hall–Kier alpha value is -2.42. The predicted molar refractivity (Wildman–Crippen MR) is 131 cm³/mol. The van der Waals surface area contributed by atoms with E-state index in [1.54, 1.807) is 7.11 Å². The van der Waals surface area contributed by atoms with Crippen LogP contribution in [-0.4, -0.2) is 75.2 Å². The number of aryl methyl sites for hydroxylation is 1. The molecule has 2 aromatic rings. The van der Waals surface area contributed by atoms with Crippen molar-refractivity contribution in [1.29, 1.82) is 0 Å². The number of nitrogens with one attached hydrogen (secondary N) is 1. The predicted octanol–water partition coefficient (Wildman–Crippen LogP) is 3.22. The molecule has 1 aliphatic heterocycles. The van der Waals surface area contributed by atoms with Crippen LogP contribution in [0.3, 0.4) is 0 Å². The molecule has 1 saturated heterocycles. The molecule has 1 N–H and O–H groups in total. The summed E-state index contributed by atoms with van der Waals surface area (Å²) in [6.07, 6.45) is 5.06. The zero-order valence-corrected chi connectivity index (χ0v) is 20.3. The van der Waals surface area contributed by atoms with Gasteiger partial charge in [0.25, 0.3) is 0 Å². The minimum absolute atomic E-state index is 0.0644. The van der Waals surface area contributed by atoms with E-state index in [4.69, 9.17) is 9.47 Å². The Balaban J connectivity index is 1.26. The maximum atomic E-state index is 12.8. The number of carbonyl (C=O) groups excluding carboxylic acids is 2. The molecule has 1 aliphatic carbocycles. The van der Waals surface area contributed by atoms with Crippen molar-refractivity contribution >= 4 is 28.2 Å². The molecule has 178 valence electrons. The van der Waals surface area contributed by atoms with Crippen molar-refractivity contribution in [2.24, 2.45) is 0 Å². The Morgan fingerprint density at radius 1 is 1.00 bits per heavy atom. The van der Waals surface area contributed by atoms with E-state index in [1.165, 1.54) is 28.9 Å². The van der Waals surface area contributed by atoms with Crippen LogP contribution >= 0.6 is 11.3 Å². The van der Waals surface area contributed by atoms with Crippen molar-refractivity contribution in [2.75, 3.05) is 58.8 Å². The van der Waals surface area contributed by atoms with Crippen molar-refractivity contribution in [2.45, 2.75) is 32.1 Å². The quantitative estimate of drug-likeness (QED) is 0.596. The summed E-state index contributed by atoms with van der Waals surface area (Å²) in [5.74, 6) is 0.465. The summed E-state index contributed by atoms with van der Waals surface area (Å²) in [6, 6.07) is 8.23. The lowest BCUT2D eigenvalue weighted by Crippen LogP contribution is -2.49. The number of esters is 1. The molecule has 4 rings (SSSR count). The van der Waals surface area contributed by atoms with Crippen LogP contribution in [0.1, 0.15) is 39.2 Å². The highest BCUT2D eigenvalue weighted by atomic mass is 32.1. The van der Waals surface area contributed by atoms with Gasteiger partial charge in [-0.3, -0.25) is 9.69 Å². The minimum atomic E-state index is -0.352. The van der Waals surface area contributed by atoms with Gasteiger partial charge in [0.2, 0.25) is 5.91 Å². The Morgan fingerprint density at radius 3 is 2.39 bits per heavy atom. The molecule has 0 unspecified atom stereocenters. The molecule has 0 bridgehead atoms. The zero-order valence-electron chi connectivity index (χ0n) is 19.5. The van der Waals surface area contributed by atoms with Gasteiger partial charge in [-0.25, -0.2) is 4.79 Å². The van der Waals surface area contributed by atoms with E-state index >= 15 is 0 Å². The number of fused-ring (bicyclic) bond motifs is 1. The number of hydrogen-bond acceptors (Lipinski definition) is 7. The van der Waals surface area contributed by atoms with Crippen LogP contribution < -0.4 is 10.1 Å². The molecule has 0 spiro atoms. The van der Waals surface area contributed by atoms with Crippen LogP contribution in [0.15, 0.2) is 24.3 Å². The molecule has 0 radical (unpaired) electrons. The first-order valence-corrected chi connectivity index (χ1v) is 12.5. The van der Waals surface area contributed by atoms with E-state index in [9.17, 15) is 9.59 Å². The summed E-state index contributed by atoms with van der Waals surface area (Å²) < 4.78 is 10.2. The van der Waals surface area contributed by atoms with Gasteiger partial charge in [-0.15, -0.1) is 11.3 Å². The average Bonchev–Trinajstić information content (AvgIpc) is 3.21. The Bertz CT molecular complexity index is 965. The molecule has 7 nitrogen and oxygen atoms in total. The van der Waals surface area contributed by atoms with Crippen molar-refractivity contribution in [1.82, 2.24) is 9.80 Å². The molecular weight excluding hydrogens is 438 g/mol. The summed E-state index contributed by atoms with van der Waals surface area (Å²) in [6.45, 7) is 4.97. The van der Waals surface area contributed by atoms with Crippen molar-refractivity contribution < 1.29 is 19.1 Å². The van der Waals surface area contributed by atoms with Crippen molar-refractivity contribution in [3.05, 3.63) is 45.8 Å². The molecule has 8 heteroatoms. The normalized spacial score (nSPS) is 16.8. The molecule has 0 saturated carbocycles. The molecule has 1 fully saturated rings. The van der Waals surface area contributed by atoms with Crippen LogP contribution in [0.2, 0.25) is 0 Å². The van der Waals surface area contributed by atoms with Gasteiger partial charge in [0.1, 0.15) is 10.8 Å². The molecule has 2 aliphatic rings. The number of ether oxygens (including phenoxy) is 2. The summed E-state index contributed by atoms with van der Waals surface area (Å²) in [5, 5.41) is 3.66. The molecule has 33 heavy (non-hydrogen) atoms. The number of hydrogen-bond donors (Lipinski definition) is 1. The number of anilines is 1. The molecule has 1 amide bonds. The lowest BCUT2D eigenvalue weighted by atomic mass is 9.95. The summed E-state index contributed by atoms with van der Waals surface area (Å²) in [4.78, 5) is 31.0. The number of thiophene rings is 1. The average molecular weight is 472 g/mol. The fourth-order valence-corrected chi connectivity index (χ4v) is 5.89. The third-order valence-electron chi connectivity index (χ3n) is 6.52. The summed E-state index contributed by atoms with van der Waals surface area (Å²) >= 11 is 1.54. The highest BCUT2D eigenvalue weighted by Gasteiger charge is 2.27. The maximum Gasteiger partial charge on any atom is 0.341 e. The highest BCUT2D eigenvalue weighted by Crippen LogP contribution is 2.38. The van der Waals surface area contributed by atoms with Crippen molar-refractivity contribution in [3.63, 3.8) is 0 Å². The van der Waals surface area contributed by atoms with Crippen LogP contribution in [-0.2, 0) is 28.8 Å². The van der Waals surface area contributed by atoms with Gasteiger partial charge >= 0.3 is 5.97 Å². The number of amides is 1. The Kier molecular flexibility index (Phi) is 8.01. The first kappa shape index (κ1) is 23.7. The maximum absolute atomic E-state index is 12.8. The lowest BCUT2D eigenvalue weighted by molar-refractivity contribution is -0.117. The number of piperazine rings is 1. The van der Waals surface area contributed by atoms with E-state index in [-0.39, 0.29) is 11.9 Å². The smallest absolute Gasteiger partial charge is 0.341 e. The topological polar surface area (TPSA) is 71.1 Å². The van der Waals surface area contributed by atoms with Crippen molar-refractivity contribution in [3.8, 4) is 5.75 Å². The minimum Gasteiger partial charge on any atom is -0.497 e.